The van der Waals surface area contributed by atoms with Crippen molar-refractivity contribution in [3.8, 4) is 17.2 Å². The van der Waals surface area contributed by atoms with Crippen LogP contribution < -0.4 is 5.32 Å². The number of halogens is 1. The van der Waals surface area contributed by atoms with Crippen molar-refractivity contribution in [2.45, 2.75) is 5.22 Å². The number of aromatic nitrogens is 2. The second-order valence-electron chi connectivity index (χ2n) is 4.77. The number of phenolic OH excluding ortho intramolecular Hbond substituents is 1. The largest absolute Gasteiger partial charge is 0.508 e. The molecule has 0 unspecified atom stereocenters. The highest BCUT2D eigenvalue weighted by Gasteiger charge is 2.12. The minimum atomic E-state index is -0.209. The van der Waals surface area contributed by atoms with Crippen LogP contribution >= 0.6 is 23.4 Å². The molecule has 8 heteroatoms. The van der Waals surface area contributed by atoms with Crippen LogP contribution in [0.2, 0.25) is 5.02 Å². The topological polar surface area (TPSA) is 88.2 Å². The first-order valence-electron chi connectivity index (χ1n) is 6.91. The summed E-state index contributed by atoms with van der Waals surface area (Å²) in [4.78, 5) is 11.9. The lowest BCUT2D eigenvalue weighted by molar-refractivity contribution is -0.113. The number of nitrogens with zero attached hydrogens (tertiary/aromatic N) is 2. The molecule has 0 spiro atoms. The molecule has 0 saturated carbocycles. The van der Waals surface area contributed by atoms with Gasteiger partial charge in [-0.15, -0.1) is 10.2 Å². The van der Waals surface area contributed by atoms with Crippen molar-refractivity contribution in [3.05, 3.63) is 53.6 Å². The summed E-state index contributed by atoms with van der Waals surface area (Å²) in [6, 6.07) is 13.4. The van der Waals surface area contributed by atoms with E-state index in [2.05, 4.69) is 15.5 Å². The molecule has 1 amide bonds. The summed E-state index contributed by atoms with van der Waals surface area (Å²) >= 11 is 6.99. The van der Waals surface area contributed by atoms with E-state index >= 15 is 0 Å². The van der Waals surface area contributed by atoms with E-state index in [4.69, 9.17) is 16.0 Å². The van der Waals surface area contributed by atoms with Crippen LogP contribution in [0.25, 0.3) is 11.5 Å². The van der Waals surface area contributed by atoms with E-state index in [0.29, 0.717) is 16.3 Å². The van der Waals surface area contributed by atoms with Crippen molar-refractivity contribution in [2.24, 2.45) is 0 Å². The van der Waals surface area contributed by atoms with Gasteiger partial charge in [0.15, 0.2) is 0 Å². The molecule has 0 aliphatic rings. The van der Waals surface area contributed by atoms with Crippen LogP contribution in [-0.4, -0.2) is 27.0 Å². The van der Waals surface area contributed by atoms with Gasteiger partial charge in [0.2, 0.25) is 11.8 Å². The Labute approximate surface area is 146 Å². The van der Waals surface area contributed by atoms with Crippen LogP contribution in [0, 0.1) is 0 Å². The van der Waals surface area contributed by atoms with E-state index in [-0.39, 0.29) is 28.5 Å². The standard InChI is InChI=1S/C16H12ClN3O3S/c17-11-4-2-5-12(8-11)18-14(22)9-24-16-20-19-15(23-16)10-3-1-6-13(21)7-10/h1-8,21H,9H2,(H,18,22). The molecule has 2 aromatic carbocycles. The van der Waals surface area contributed by atoms with Gasteiger partial charge in [-0.1, -0.05) is 35.5 Å². The fourth-order valence-corrected chi connectivity index (χ4v) is 2.67. The van der Waals surface area contributed by atoms with E-state index in [1.54, 1.807) is 42.5 Å². The first-order valence-corrected chi connectivity index (χ1v) is 8.27. The molecule has 0 atom stereocenters. The van der Waals surface area contributed by atoms with Gasteiger partial charge in [0.25, 0.3) is 5.22 Å². The van der Waals surface area contributed by atoms with Gasteiger partial charge in [-0.25, -0.2) is 0 Å². The van der Waals surface area contributed by atoms with Crippen LogP contribution in [-0.2, 0) is 4.79 Å². The maximum atomic E-state index is 11.9. The quantitative estimate of drug-likeness (QED) is 0.671. The van der Waals surface area contributed by atoms with Crippen molar-refractivity contribution in [1.82, 2.24) is 10.2 Å². The van der Waals surface area contributed by atoms with Crippen LogP contribution in [0.1, 0.15) is 0 Å². The molecule has 0 saturated heterocycles. The van der Waals surface area contributed by atoms with Gasteiger partial charge in [-0.05, 0) is 36.4 Å². The predicted octanol–water partition coefficient (Wildman–Crippen LogP) is 3.83. The fraction of sp³-hybridized carbons (Fsp3) is 0.0625. The Morgan fingerprint density at radius 1 is 1.21 bits per heavy atom. The Morgan fingerprint density at radius 2 is 2.04 bits per heavy atom. The van der Waals surface area contributed by atoms with Crippen LogP contribution in [0.15, 0.2) is 58.2 Å². The molecule has 0 fully saturated rings. The highest BCUT2D eigenvalue weighted by molar-refractivity contribution is 7.99. The minimum absolute atomic E-state index is 0.112. The molecule has 0 radical (unpaired) electrons. The lowest BCUT2D eigenvalue weighted by atomic mass is 10.2. The first kappa shape index (κ1) is 16.4. The van der Waals surface area contributed by atoms with Crippen molar-refractivity contribution >= 4 is 35.0 Å². The third kappa shape index (κ3) is 4.27. The molecule has 24 heavy (non-hydrogen) atoms. The van der Waals surface area contributed by atoms with E-state index < -0.39 is 0 Å². The summed E-state index contributed by atoms with van der Waals surface area (Å²) in [6.45, 7) is 0. The lowest BCUT2D eigenvalue weighted by Gasteiger charge is -2.03. The Kier molecular flexibility index (Phi) is 5.02. The fourth-order valence-electron chi connectivity index (χ4n) is 1.91. The van der Waals surface area contributed by atoms with Crippen molar-refractivity contribution < 1.29 is 14.3 Å². The van der Waals surface area contributed by atoms with E-state index in [0.717, 1.165) is 11.8 Å². The lowest BCUT2D eigenvalue weighted by Crippen LogP contribution is -2.13. The molecule has 2 N–H and O–H groups in total. The number of carbonyl (C=O) groups excluding carboxylic acids is 1. The normalized spacial score (nSPS) is 10.5. The third-order valence-corrected chi connectivity index (χ3v) is 3.99. The molecule has 0 aliphatic carbocycles. The van der Waals surface area contributed by atoms with E-state index in [9.17, 15) is 9.90 Å². The Balaban J connectivity index is 1.58. The number of phenols is 1. The van der Waals surface area contributed by atoms with Gasteiger partial charge < -0.3 is 14.8 Å². The number of thioether (sulfide) groups is 1. The number of anilines is 1. The molecule has 0 bridgehead atoms. The number of aromatic hydroxyl groups is 1. The number of hydrogen-bond acceptors (Lipinski definition) is 6. The summed E-state index contributed by atoms with van der Waals surface area (Å²) < 4.78 is 5.47. The van der Waals surface area contributed by atoms with Gasteiger partial charge in [0.05, 0.1) is 5.75 Å². The Hall–Kier alpha value is -2.51. The molecule has 6 nitrogen and oxygen atoms in total. The zero-order valence-corrected chi connectivity index (χ0v) is 13.8. The highest BCUT2D eigenvalue weighted by atomic mass is 35.5. The van der Waals surface area contributed by atoms with Crippen molar-refractivity contribution in [3.63, 3.8) is 0 Å². The van der Waals surface area contributed by atoms with Crippen molar-refractivity contribution in [2.75, 3.05) is 11.1 Å². The Morgan fingerprint density at radius 3 is 2.83 bits per heavy atom. The average molecular weight is 362 g/mol. The van der Waals surface area contributed by atoms with Crippen LogP contribution in [0.5, 0.6) is 5.75 Å². The van der Waals surface area contributed by atoms with E-state index in [1.807, 2.05) is 0 Å². The summed E-state index contributed by atoms with van der Waals surface area (Å²) in [5, 5.41) is 20.8. The summed E-state index contributed by atoms with van der Waals surface area (Å²) in [7, 11) is 0. The molecular formula is C16H12ClN3O3S. The molecule has 3 aromatic rings. The van der Waals surface area contributed by atoms with Gasteiger partial charge in [-0.3, -0.25) is 4.79 Å². The highest BCUT2D eigenvalue weighted by Crippen LogP contribution is 2.25. The second kappa shape index (κ2) is 7.37. The van der Waals surface area contributed by atoms with Crippen LogP contribution in [0.4, 0.5) is 5.69 Å². The smallest absolute Gasteiger partial charge is 0.277 e. The van der Waals surface area contributed by atoms with E-state index in [1.165, 1.54) is 6.07 Å². The zero-order chi connectivity index (χ0) is 16.9. The minimum Gasteiger partial charge on any atom is -0.508 e. The number of hydrogen-bond donors (Lipinski definition) is 2. The number of amides is 1. The van der Waals surface area contributed by atoms with Crippen LogP contribution in [0.3, 0.4) is 0 Å². The van der Waals surface area contributed by atoms with Gasteiger partial charge in [0, 0.05) is 16.3 Å². The second-order valence-corrected chi connectivity index (χ2v) is 6.13. The molecule has 3 rings (SSSR count). The van der Waals surface area contributed by atoms with Gasteiger partial charge in [-0.2, -0.15) is 0 Å². The summed E-state index contributed by atoms with van der Waals surface area (Å²) in [5.74, 6) is 0.303. The number of nitrogens with one attached hydrogen (secondary N) is 1. The van der Waals surface area contributed by atoms with Gasteiger partial charge >= 0.3 is 0 Å². The van der Waals surface area contributed by atoms with Crippen molar-refractivity contribution in [1.29, 1.82) is 0 Å². The Bertz CT molecular complexity index is 869. The molecular weight excluding hydrogens is 350 g/mol. The zero-order valence-electron chi connectivity index (χ0n) is 12.3. The van der Waals surface area contributed by atoms with Gasteiger partial charge in [0.1, 0.15) is 5.75 Å². The SMILES string of the molecule is O=C(CSc1nnc(-c2cccc(O)c2)o1)Nc1cccc(Cl)c1. The number of carbonyl (C=O) groups is 1. The predicted molar refractivity (Wildman–Crippen MR) is 92.2 cm³/mol. The number of benzene rings is 2. The molecule has 122 valence electrons. The maximum Gasteiger partial charge on any atom is 0.277 e. The summed E-state index contributed by atoms with van der Waals surface area (Å²) in [5.41, 5.74) is 1.23. The number of rotatable bonds is 5. The summed E-state index contributed by atoms with van der Waals surface area (Å²) in [6.07, 6.45) is 0. The molecule has 1 heterocycles. The maximum absolute atomic E-state index is 11.9. The molecule has 1 aromatic heterocycles. The monoisotopic (exact) mass is 361 g/mol. The average Bonchev–Trinajstić information content (AvgIpc) is 3.02. The molecule has 0 aliphatic heterocycles. The third-order valence-electron chi connectivity index (χ3n) is 2.93. The first-order chi connectivity index (χ1) is 11.6.